The molecule has 2 aromatic carbocycles. The molecule has 11 heteroatoms. The lowest BCUT2D eigenvalue weighted by Gasteiger charge is -2.39. The van der Waals surface area contributed by atoms with Gasteiger partial charge in [0.25, 0.3) is 0 Å². The van der Waals surface area contributed by atoms with E-state index in [1.165, 1.54) is 11.6 Å². The number of halogens is 3. The zero-order valence-electron chi connectivity index (χ0n) is 25.8. The van der Waals surface area contributed by atoms with E-state index in [0.29, 0.717) is 49.4 Å². The van der Waals surface area contributed by atoms with Crippen molar-refractivity contribution in [3.63, 3.8) is 0 Å². The number of hydrogen-bond donors (Lipinski definition) is 0. The van der Waals surface area contributed by atoms with Crippen LogP contribution in [0.15, 0.2) is 36.9 Å². The molecule has 1 aromatic heterocycles. The Kier molecular flexibility index (Phi) is 8.32. The normalized spacial score (nSPS) is 24.5. The third-order valence-electron chi connectivity index (χ3n) is 10.3. The standard InChI is InChI=1S/C35H37ClF2N6O2/c1-3-29(45)44-15-14-42(20-24(44)18-39-2)33-27-16-28(36)30(26-11-6-9-22-8-4-5-10-25(22)26)31(38)32(27)40-34(41-33)46-21-35-12-7-13-43(35)19-23(37)17-35/h3,6,9,11,16,23-24H,1,4-5,7-8,10,12-15,17-21H2/t23-,24+,35+/m1/s1. The summed E-state index contributed by atoms with van der Waals surface area (Å²) in [5.41, 5.74) is 3.09. The van der Waals surface area contributed by atoms with E-state index in [0.717, 1.165) is 56.2 Å². The van der Waals surface area contributed by atoms with Gasteiger partial charge in [-0.25, -0.2) is 15.4 Å². The molecule has 1 aliphatic carbocycles. The van der Waals surface area contributed by atoms with E-state index in [4.69, 9.17) is 27.9 Å². The van der Waals surface area contributed by atoms with Gasteiger partial charge in [-0.05, 0) is 73.9 Å². The van der Waals surface area contributed by atoms with Gasteiger partial charge in [0.2, 0.25) is 12.5 Å². The molecule has 8 nitrogen and oxygen atoms in total. The fourth-order valence-corrected chi connectivity index (χ4v) is 8.39. The van der Waals surface area contributed by atoms with E-state index >= 15 is 4.39 Å². The van der Waals surface area contributed by atoms with Crippen molar-refractivity contribution in [3.05, 3.63) is 70.3 Å². The van der Waals surface area contributed by atoms with Gasteiger partial charge >= 0.3 is 6.01 Å². The average Bonchev–Trinajstić information content (AvgIpc) is 3.59. The molecule has 0 spiro atoms. The molecule has 3 aliphatic heterocycles. The smallest absolute Gasteiger partial charge is 0.319 e. The molecule has 46 heavy (non-hydrogen) atoms. The quantitative estimate of drug-likeness (QED) is 0.230. The first-order valence-corrected chi connectivity index (χ1v) is 16.5. The minimum Gasteiger partial charge on any atom is -0.461 e. The third kappa shape index (κ3) is 5.37. The van der Waals surface area contributed by atoms with Gasteiger partial charge in [-0.1, -0.05) is 36.4 Å². The molecule has 3 atom stereocenters. The van der Waals surface area contributed by atoms with Gasteiger partial charge in [0.05, 0.1) is 10.6 Å². The van der Waals surface area contributed by atoms with E-state index in [9.17, 15) is 9.18 Å². The number of alkyl halides is 1. The van der Waals surface area contributed by atoms with Crippen LogP contribution in [0, 0.1) is 12.4 Å². The van der Waals surface area contributed by atoms with Crippen LogP contribution in [0.25, 0.3) is 26.9 Å². The second kappa shape index (κ2) is 12.4. The number of carbonyl (C=O) groups excluding carboxylic acids is 1. The summed E-state index contributed by atoms with van der Waals surface area (Å²) < 4.78 is 37.7. The molecule has 3 fully saturated rings. The SMILES string of the molecule is [C-]#[N+]C[C@H]1CN(c2nc(OC[C@@]34CCCN3C[C@H](F)C4)nc3c(F)c(-c4cccc5c4CCCC5)c(Cl)cc23)CCN1C(=O)C=C. The first kappa shape index (κ1) is 30.8. The van der Waals surface area contributed by atoms with Crippen molar-refractivity contribution in [1.82, 2.24) is 19.8 Å². The number of aryl methyl sites for hydroxylation is 1. The van der Waals surface area contributed by atoms with Gasteiger partial charge in [-0.2, -0.15) is 9.97 Å². The van der Waals surface area contributed by atoms with E-state index in [1.54, 1.807) is 11.0 Å². The minimum atomic E-state index is -0.912. The first-order chi connectivity index (χ1) is 22.3. The highest BCUT2D eigenvalue weighted by atomic mass is 35.5. The number of anilines is 1. The van der Waals surface area contributed by atoms with Crippen LogP contribution in [0.4, 0.5) is 14.6 Å². The molecular weight excluding hydrogens is 610 g/mol. The molecular formula is C35H37ClF2N6O2. The summed E-state index contributed by atoms with van der Waals surface area (Å²) in [5.74, 6) is -0.352. The Bertz CT molecular complexity index is 1750. The second-order valence-electron chi connectivity index (χ2n) is 13.0. The van der Waals surface area contributed by atoms with E-state index in [1.807, 2.05) is 17.0 Å². The molecule has 0 radical (unpaired) electrons. The Labute approximate surface area is 272 Å². The van der Waals surface area contributed by atoms with Crippen molar-refractivity contribution in [2.45, 2.75) is 62.7 Å². The van der Waals surface area contributed by atoms with Gasteiger partial charge in [-0.15, -0.1) is 0 Å². The van der Waals surface area contributed by atoms with Crippen LogP contribution >= 0.6 is 11.6 Å². The molecule has 0 bridgehead atoms. The lowest BCUT2D eigenvalue weighted by atomic mass is 9.85. The Morgan fingerprint density at radius 2 is 2.04 bits per heavy atom. The Morgan fingerprint density at radius 1 is 1.20 bits per heavy atom. The predicted molar refractivity (Wildman–Crippen MR) is 175 cm³/mol. The van der Waals surface area contributed by atoms with Crippen molar-refractivity contribution < 1.29 is 18.3 Å². The number of nitrogens with zero attached hydrogens (tertiary/aromatic N) is 6. The number of rotatable bonds is 7. The Balaban J connectivity index is 1.33. The topological polar surface area (TPSA) is 66.2 Å². The molecule has 4 aliphatic rings. The zero-order chi connectivity index (χ0) is 32.0. The predicted octanol–water partition coefficient (Wildman–Crippen LogP) is 6.05. The van der Waals surface area contributed by atoms with Crippen molar-refractivity contribution in [1.29, 1.82) is 0 Å². The molecule has 7 rings (SSSR count). The first-order valence-electron chi connectivity index (χ1n) is 16.2. The maximum Gasteiger partial charge on any atom is 0.319 e. The summed E-state index contributed by atoms with van der Waals surface area (Å²) in [4.78, 5) is 31.4. The summed E-state index contributed by atoms with van der Waals surface area (Å²) >= 11 is 6.93. The highest BCUT2D eigenvalue weighted by Gasteiger charge is 2.49. The lowest BCUT2D eigenvalue weighted by Crippen LogP contribution is -2.56. The monoisotopic (exact) mass is 646 g/mol. The number of amides is 1. The van der Waals surface area contributed by atoms with Crippen LogP contribution in [-0.2, 0) is 17.6 Å². The number of fused-ring (bicyclic) bond motifs is 3. The molecule has 0 unspecified atom stereocenters. The fourth-order valence-electron chi connectivity index (χ4n) is 8.09. The van der Waals surface area contributed by atoms with Crippen LogP contribution in [0.3, 0.4) is 0 Å². The van der Waals surface area contributed by atoms with Crippen LogP contribution in [0.5, 0.6) is 6.01 Å². The molecule has 3 aromatic rings. The average molecular weight is 647 g/mol. The van der Waals surface area contributed by atoms with E-state index in [-0.39, 0.29) is 35.6 Å². The zero-order valence-corrected chi connectivity index (χ0v) is 26.5. The molecule has 1 amide bonds. The number of ether oxygens (including phenoxy) is 1. The molecule has 0 saturated carbocycles. The summed E-state index contributed by atoms with van der Waals surface area (Å²) in [5, 5.41) is 0.694. The number of benzene rings is 2. The van der Waals surface area contributed by atoms with Crippen molar-refractivity contribution in [2.75, 3.05) is 50.8 Å². The van der Waals surface area contributed by atoms with E-state index in [2.05, 4.69) is 27.4 Å². The van der Waals surface area contributed by atoms with Gasteiger partial charge in [0, 0.05) is 43.5 Å². The van der Waals surface area contributed by atoms with Crippen LogP contribution in [-0.4, -0.2) is 89.3 Å². The fraction of sp³-hybridized carbons (Fsp3) is 0.486. The van der Waals surface area contributed by atoms with Gasteiger partial charge in [0.1, 0.15) is 30.2 Å². The molecule has 4 heterocycles. The number of aromatic nitrogens is 2. The van der Waals surface area contributed by atoms with Crippen molar-refractivity contribution in [3.8, 4) is 17.1 Å². The van der Waals surface area contributed by atoms with Crippen molar-refractivity contribution in [2.24, 2.45) is 0 Å². The van der Waals surface area contributed by atoms with E-state index < -0.39 is 23.6 Å². The van der Waals surface area contributed by atoms with Gasteiger partial charge in [-0.3, -0.25) is 9.69 Å². The summed E-state index contributed by atoms with van der Waals surface area (Å²) in [6.07, 6.45) is 6.46. The lowest BCUT2D eigenvalue weighted by molar-refractivity contribution is -0.128. The Hall–Kier alpha value is -3.81. The number of piperazine rings is 1. The summed E-state index contributed by atoms with van der Waals surface area (Å²) in [6, 6.07) is 7.31. The van der Waals surface area contributed by atoms with Crippen LogP contribution in [0.1, 0.15) is 43.2 Å². The van der Waals surface area contributed by atoms with Crippen LogP contribution < -0.4 is 9.64 Å². The molecule has 0 N–H and O–H groups in total. The minimum absolute atomic E-state index is 0.0135. The van der Waals surface area contributed by atoms with Gasteiger partial charge < -0.3 is 19.4 Å². The number of carbonyl (C=O) groups is 1. The van der Waals surface area contributed by atoms with Crippen molar-refractivity contribution >= 4 is 34.2 Å². The highest BCUT2D eigenvalue weighted by Crippen LogP contribution is 2.43. The van der Waals surface area contributed by atoms with Crippen LogP contribution in [0.2, 0.25) is 5.02 Å². The second-order valence-corrected chi connectivity index (χ2v) is 13.4. The number of hydrogen-bond acceptors (Lipinski definition) is 6. The molecule has 240 valence electrons. The maximum absolute atomic E-state index is 16.9. The summed E-state index contributed by atoms with van der Waals surface area (Å²) in [7, 11) is 0. The molecule has 3 saturated heterocycles. The summed E-state index contributed by atoms with van der Waals surface area (Å²) in [6.45, 7) is 13.7. The largest absolute Gasteiger partial charge is 0.461 e. The van der Waals surface area contributed by atoms with Gasteiger partial charge in [0.15, 0.2) is 5.82 Å². The highest BCUT2D eigenvalue weighted by molar-refractivity contribution is 6.34. The maximum atomic E-state index is 16.9. The Morgan fingerprint density at radius 3 is 2.87 bits per heavy atom. The third-order valence-corrected chi connectivity index (χ3v) is 10.6.